The fourth-order valence-electron chi connectivity index (χ4n) is 1.76. The molecule has 1 unspecified atom stereocenters. The van der Waals surface area contributed by atoms with Gasteiger partial charge in [-0.15, -0.1) is 0 Å². The molecular formula is C11H13NO3. The van der Waals surface area contributed by atoms with Crippen LogP contribution in [0.2, 0.25) is 0 Å². The van der Waals surface area contributed by atoms with Crippen molar-refractivity contribution in [1.82, 2.24) is 0 Å². The third kappa shape index (κ3) is 1.68. The Balaban J connectivity index is 2.41. The smallest absolute Gasteiger partial charge is 0.253 e. The highest BCUT2D eigenvalue weighted by Gasteiger charge is 2.28. The fourth-order valence-corrected chi connectivity index (χ4v) is 1.76. The lowest BCUT2D eigenvalue weighted by Crippen LogP contribution is -2.46. The van der Waals surface area contributed by atoms with Crippen molar-refractivity contribution in [2.75, 3.05) is 18.1 Å². The molecule has 4 heteroatoms. The van der Waals surface area contributed by atoms with E-state index in [1.807, 2.05) is 31.2 Å². The largest absolute Gasteiger partial charge is 0.489 e. The molecule has 1 aliphatic heterocycles. The third-order valence-corrected chi connectivity index (χ3v) is 2.45. The van der Waals surface area contributed by atoms with Gasteiger partial charge in [-0.2, -0.15) is 0 Å². The Morgan fingerprint density at radius 3 is 3.07 bits per heavy atom. The summed E-state index contributed by atoms with van der Waals surface area (Å²) in [6.45, 7) is 1.88. The number of aliphatic hydroxyl groups is 1. The van der Waals surface area contributed by atoms with Gasteiger partial charge in [0, 0.05) is 0 Å². The van der Waals surface area contributed by atoms with Crippen molar-refractivity contribution in [3.8, 4) is 5.75 Å². The van der Waals surface area contributed by atoms with Gasteiger partial charge in [0.05, 0.1) is 11.7 Å². The van der Waals surface area contributed by atoms with Crippen molar-refractivity contribution >= 4 is 11.6 Å². The second-order valence-electron chi connectivity index (χ2n) is 3.55. The summed E-state index contributed by atoms with van der Waals surface area (Å²) in [7, 11) is 0. The highest BCUT2D eigenvalue weighted by Crippen LogP contribution is 2.33. The predicted molar refractivity (Wildman–Crippen MR) is 56.0 cm³/mol. The average molecular weight is 207 g/mol. The highest BCUT2D eigenvalue weighted by molar-refractivity contribution is 5.96. The number of fused-ring (bicyclic) bond motifs is 1. The van der Waals surface area contributed by atoms with Gasteiger partial charge in [0.2, 0.25) is 0 Å². The average Bonchev–Trinajstić information content (AvgIpc) is 2.28. The fraction of sp³-hybridized carbons (Fsp3) is 0.364. The number of carbonyl (C=O) groups is 1. The molecule has 80 valence electrons. The van der Waals surface area contributed by atoms with Crippen molar-refractivity contribution in [1.29, 1.82) is 0 Å². The zero-order valence-electron chi connectivity index (χ0n) is 8.51. The van der Waals surface area contributed by atoms with E-state index in [1.165, 1.54) is 0 Å². The van der Waals surface area contributed by atoms with Crippen molar-refractivity contribution in [3.05, 3.63) is 24.3 Å². The number of aliphatic hydroxyl groups excluding tert-OH is 1. The van der Waals surface area contributed by atoms with Crippen LogP contribution in [0.3, 0.4) is 0 Å². The Kier molecular flexibility index (Phi) is 2.60. The molecule has 0 saturated carbocycles. The number of nitrogens with zero attached hydrogens (tertiary/aromatic N) is 1. The first kappa shape index (κ1) is 9.98. The lowest BCUT2D eigenvalue weighted by atomic mass is 10.1. The van der Waals surface area contributed by atoms with Crippen LogP contribution in [0.25, 0.3) is 0 Å². The molecule has 1 atom stereocenters. The molecule has 0 bridgehead atoms. The third-order valence-electron chi connectivity index (χ3n) is 2.45. The molecule has 0 fully saturated rings. The quantitative estimate of drug-likeness (QED) is 0.740. The van der Waals surface area contributed by atoms with E-state index in [2.05, 4.69) is 0 Å². The molecule has 1 aromatic rings. The molecule has 1 aliphatic rings. The summed E-state index contributed by atoms with van der Waals surface area (Å²) in [5.41, 5.74) is 0.732. The first-order chi connectivity index (χ1) is 7.24. The standard InChI is InChI=1S/C11H13NO3/c1-8-7-15-10-5-3-2-4-9(10)12(8)11(14)6-13/h2-5,8,13H,6-7H2,1H3. The lowest BCUT2D eigenvalue weighted by molar-refractivity contribution is -0.122. The maximum Gasteiger partial charge on any atom is 0.253 e. The van der Waals surface area contributed by atoms with Gasteiger partial charge in [-0.25, -0.2) is 0 Å². The van der Waals surface area contributed by atoms with Crippen LogP contribution in [-0.2, 0) is 4.79 Å². The molecule has 0 saturated heterocycles. The molecule has 1 heterocycles. The molecule has 1 aromatic carbocycles. The molecule has 0 radical (unpaired) electrons. The van der Waals surface area contributed by atoms with Gasteiger partial charge in [-0.3, -0.25) is 4.79 Å². The first-order valence-electron chi connectivity index (χ1n) is 4.89. The molecule has 0 spiro atoms. The molecular weight excluding hydrogens is 194 g/mol. The normalized spacial score (nSPS) is 19.3. The highest BCUT2D eigenvalue weighted by atomic mass is 16.5. The van der Waals surface area contributed by atoms with Crippen molar-refractivity contribution in [2.45, 2.75) is 13.0 Å². The summed E-state index contributed by atoms with van der Waals surface area (Å²) in [5.74, 6) is 0.399. The van der Waals surface area contributed by atoms with E-state index in [9.17, 15) is 4.79 Å². The summed E-state index contributed by atoms with van der Waals surface area (Å²) >= 11 is 0. The van der Waals surface area contributed by atoms with Gasteiger partial charge in [0.1, 0.15) is 19.0 Å². The van der Waals surface area contributed by atoms with Crippen molar-refractivity contribution in [3.63, 3.8) is 0 Å². The van der Waals surface area contributed by atoms with Gasteiger partial charge in [0.25, 0.3) is 5.91 Å². The summed E-state index contributed by atoms with van der Waals surface area (Å²) < 4.78 is 5.49. The number of carbonyl (C=O) groups excluding carboxylic acids is 1. The Bertz CT molecular complexity index is 378. The van der Waals surface area contributed by atoms with Crippen molar-refractivity contribution < 1.29 is 14.6 Å². The number of para-hydroxylation sites is 2. The second-order valence-corrected chi connectivity index (χ2v) is 3.55. The Labute approximate surface area is 88.1 Å². The van der Waals surface area contributed by atoms with Gasteiger partial charge >= 0.3 is 0 Å². The van der Waals surface area contributed by atoms with Crippen LogP contribution in [0.15, 0.2) is 24.3 Å². The Morgan fingerprint density at radius 1 is 1.60 bits per heavy atom. The molecule has 15 heavy (non-hydrogen) atoms. The number of amides is 1. The lowest BCUT2D eigenvalue weighted by Gasteiger charge is -2.34. The number of anilines is 1. The van der Waals surface area contributed by atoms with Crippen LogP contribution in [0, 0.1) is 0 Å². The van der Waals surface area contributed by atoms with E-state index in [0.29, 0.717) is 12.4 Å². The first-order valence-corrected chi connectivity index (χ1v) is 4.89. The van der Waals surface area contributed by atoms with Crippen LogP contribution in [0.1, 0.15) is 6.92 Å². The van der Waals surface area contributed by atoms with Crippen LogP contribution in [0.4, 0.5) is 5.69 Å². The summed E-state index contributed by atoms with van der Waals surface area (Å²) in [4.78, 5) is 13.1. The van der Waals surface area contributed by atoms with Crippen LogP contribution in [0.5, 0.6) is 5.75 Å². The van der Waals surface area contributed by atoms with Gasteiger partial charge in [-0.05, 0) is 19.1 Å². The zero-order chi connectivity index (χ0) is 10.8. The SMILES string of the molecule is CC1COc2ccccc2N1C(=O)CO. The number of hydrogen-bond donors (Lipinski definition) is 1. The van der Waals surface area contributed by atoms with E-state index < -0.39 is 6.61 Å². The summed E-state index contributed by atoms with van der Waals surface area (Å²) in [6.07, 6.45) is 0. The van der Waals surface area contributed by atoms with E-state index in [1.54, 1.807) is 4.90 Å². The van der Waals surface area contributed by atoms with Crippen LogP contribution in [-0.4, -0.2) is 30.3 Å². The monoisotopic (exact) mass is 207 g/mol. The van der Waals surface area contributed by atoms with E-state index in [0.717, 1.165) is 5.69 Å². The summed E-state index contributed by atoms with van der Waals surface area (Å²) in [6, 6.07) is 7.30. The molecule has 0 aliphatic carbocycles. The molecule has 4 nitrogen and oxygen atoms in total. The minimum Gasteiger partial charge on any atom is -0.489 e. The Morgan fingerprint density at radius 2 is 2.33 bits per heavy atom. The maximum atomic E-state index is 11.6. The molecule has 2 rings (SSSR count). The summed E-state index contributed by atoms with van der Waals surface area (Å²) in [5, 5.41) is 8.90. The topological polar surface area (TPSA) is 49.8 Å². The van der Waals surface area contributed by atoms with Crippen LogP contribution < -0.4 is 9.64 Å². The molecule has 1 amide bonds. The maximum absolute atomic E-state index is 11.6. The van der Waals surface area contributed by atoms with Gasteiger partial charge in [-0.1, -0.05) is 12.1 Å². The number of rotatable bonds is 1. The van der Waals surface area contributed by atoms with Crippen LogP contribution >= 0.6 is 0 Å². The Hall–Kier alpha value is -1.55. The minimum absolute atomic E-state index is 0.0421. The van der Waals surface area contributed by atoms with Crippen molar-refractivity contribution in [2.24, 2.45) is 0 Å². The predicted octanol–water partition coefficient (Wildman–Crippen LogP) is 0.793. The van der Waals surface area contributed by atoms with E-state index in [4.69, 9.17) is 9.84 Å². The number of hydrogen-bond acceptors (Lipinski definition) is 3. The number of benzene rings is 1. The van der Waals surface area contributed by atoms with Gasteiger partial charge < -0.3 is 14.7 Å². The number of ether oxygens (including phenoxy) is 1. The van der Waals surface area contributed by atoms with E-state index >= 15 is 0 Å². The molecule has 1 N–H and O–H groups in total. The zero-order valence-corrected chi connectivity index (χ0v) is 8.51. The second kappa shape index (κ2) is 3.90. The van der Waals surface area contributed by atoms with Gasteiger partial charge in [0.15, 0.2) is 0 Å². The molecule has 0 aromatic heterocycles. The van der Waals surface area contributed by atoms with E-state index in [-0.39, 0.29) is 11.9 Å². The minimum atomic E-state index is -0.474.